The lowest BCUT2D eigenvalue weighted by atomic mass is 9.70. The lowest BCUT2D eigenvalue weighted by Gasteiger charge is -2.31. The van der Waals surface area contributed by atoms with E-state index >= 15 is 0 Å². The fourth-order valence-corrected chi connectivity index (χ4v) is 3.77. The number of fused-ring (bicyclic) bond motifs is 2. The zero-order chi connectivity index (χ0) is 13.6. The molecule has 3 unspecified atom stereocenters. The fourth-order valence-electron chi connectivity index (χ4n) is 3.29. The van der Waals surface area contributed by atoms with Gasteiger partial charge in [-0.15, -0.1) is 0 Å². The average molecular weight is 301 g/mol. The Bertz CT molecular complexity index is 531. The third kappa shape index (κ3) is 2.14. The van der Waals surface area contributed by atoms with E-state index in [4.69, 9.17) is 27.9 Å². The van der Waals surface area contributed by atoms with Crippen molar-refractivity contribution < 1.29 is 14.6 Å². The second-order valence-electron chi connectivity index (χ2n) is 5.40. The van der Waals surface area contributed by atoms with Crippen molar-refractivity contribution in [2.45, 2.75) is 37.9 Å². The number of halogens is 2. The second-order valence-corrected chi connectivity index (χ2v) is 6.25. The van der Waals surface area contributed by atoms with E-state index in [1.54, 1.807) is 18.2 Å². The molecule has 2 fully saturated rings. The van der Waals surface area contributed by atoms with Gasteiger partial charge in [0.05, 0.1) is 12.2 Å². The summed E-state index contributed by atoms with van der Waals surface area (Å²) in [5.74, 6) is -0.786. The summed E-state index contributed by atoms with van der Waals surface area (Å²) in [5.41, 5.74) is -0.00923. The van der Waals surface area contributed by atoms with Gasteiger partial charge in [-0.3, -0.25) is 4.79 Å². The van der Waals surface area contributed by atoms with Crippen molar-refractivity contribution >= 4 is 29.2 Å². The maximum absolute atomic E-state index is 11.7. The molecule has 1 N–H and O–H groups in total. The Hall–Kier alpha value is -0.770. The van der Waals surface area contributed by atoms with Gasteiger partial charge in [-0.25, -0.2) is 0 Å². The van der Waals surface area contributed by atoms with Gasteiger partial charge in [0.1, 0.15) is 5.41 Å². The van der Waals surface area contributed by atoms with Crippen molar-refractivity contribution in [1.82, 2.24) is 0 Å². The molecule has 2 saturated heterocycles. The van der Waals surface area contributed by atoms with Gasteiger partial charge in [-0.1, -0.05) is 29.3 Å². The molecule has 0 aromatic heterocycles. The molecule has 3 nitrogen and oxygen atoms in total. The molecule has 0 radical (unpaired) electrons. The fraction of sp³-hybridized carbons (Fsp3) is 0.500. The van der Waals surface area contributed by atoms with Crippen LogP contribution >= 0.6 is 23.2 Å². The van der Waals surface area contributed by atoms with Crippen LogP contribution < -0.4 is 0 Å². The maximum atomic E-state index is 11.7. The van der Waals surface area contributed by atoms with E-state index in [1.165, 1.54) is 0 Å². The van der Waals surface area contributed by atoms with Gasteiger partial charge in [0.25, 0.3) is 0 Å². The van der Waals surface area contributed by atoms with Crippen LogP contribution in [0.15, 0.2) is 18.2 Å². The zero-order valence-corrected chi connectivity index (χ0v) is 11.7. The van der Waals surface area contributed by atoms with Crippen LogP contribution in [0.2, 0.25) is 10.0 Å². The average Bonchev–Trinajstić information content (AvgIpc) is 2.93. The molecule has 1 aromatic carbocycles. The Labute approximate surface area is 121 Å². The van der Waals surface area contributed by atoms with Crippen molar-refractivity contribution in [2.75, 3.05) is 0 Å². The Kier molecular flexibility index (Phi) is 3.24. The minimum atomic E-state index is -0.833. The molecule has 3 atom stereocenters. The summed E-state index contributed by atoms with van der Waals surface area (Å²) in [6, 6.07) is 5.20. The van der Waals surface area contributed by atoms with E-state index in [0.717, 1.165) is 18.4 Å². The molecule has 0 aliphatic carbocycles. The normalized spacial score (nSPS) is 32.7. The Balaban J connectivity index is 1.93. The van der Waals surface area contributed by atoms with Crippen LogP contribution in [0.25, 0.3) is 0 Å². The van der Waals surface area contributed by atoms with E-state index in [0.29, 0.717) is 22.9 Å². The van der Waals surface area contributed by atoms with Gasteiger partial charge < -0.3 is 9.84 Å². The van der Waals surface area contributed by atoms with Gasteiger partial charge in [-0.2, -0.15) is 0 Å². The molecule has 0 spiro atoms. The van der Waals surface area contributed by atoms with Crippen molar-refractivity contribution in [1.29, 1.82) is 0 Å². The predicted octanol–water partition coefficient (Wildman–Crippen LogP) is 3.56. The first kappa shape index (κ1) is 13.2. The number of benzene rings is 1. The number of carbonyl (C=O) groups is 1. The molecule has 3 rings (SSSR count). The molecule has 2 bridgehead atoms. The Morgan fingerprint density at radius 1 is 1.42 bits per heavy atom. The third-order valence-corrected chi connectivity index (χ3v) is 4.85. The smallest absolute Gasteiger partial charge is 0.312 e. The topological polar surface area (TPSA) is 46.5 Å². The molecule has 1 aromatic rings. The van der Waals surface area contributed by atoms with Crippen molar-refractivity contribution in [2.24, 2.45) is 5.41 Å². The second kappa shape index (κ2) is 4.65. The van der Waals surface area contributed by atoms with E-state index in [-0.39, 0.29) is 12.2 Å². The number of rotatable bonds is 3. The van der Waals surface area contributed by atoms with Crippen LogP contribution in [0.3, 0.4) is 0 Å². The highest BCUT2D eigenvalue weighted by molar-refractivity contribution is 6.35. The monoisotopic (exact) mass is 300 g/mol. The van der Waals surface area contributed by atoms with Crippen LogP contribution in [-0.2, 0) is 16.0 Å². The molecule has 102 valence electrons. The van der Waals surface area contributed by atoms with Crippen LogP contribution in [0.1, 0.15) is 24.8 Å². The van der Waals surface area contributed by atoms with Crippen molar-refractivity contribution in [3.8, 4) is 0 Å². The highest BCUT2D eigenvalue weighted by atomic mass is 35.5. The van der Waals surface area contributed by atoms with E-state index in [2.05, 4.69) is 0 Å². The minimum Gasteiger partial charge on any atom is -0.481 e. The number of hydrogen-bond donors (Lipinski definition) is 1. The summed E-state index contributed by atoms with van der Waals surface area (Å²) in [4.78, 5) is 11.7. The summed E-state index contributed by atoms with van der Waals surface area (Å²) < 4.78 is 5.74. The van der Waals surface area contributed by atoms with Crippen LogP contribution in [0.4, 0.5) is 0 Å². The first-order valence-electron chi connectivity index (χ1n) is 6.34. The molecular formula is C14H14Cl2O3. The highest BCUT2D eigenvalue weighted by Crippen LogP contribution is 2.50. The number of hydrogen-bond acceptors (Lipinski definition) is 2. The Morgan fingerprint density at radius 2 is 2.21 bits per heavy atom. The SMILES string of the molecule is O=C(O)C1(Cc2ccc(Cl)cc2Cl)CC2CCC1O2. The molecule has 5 heteroatoms. The molecular weight excluding hydrogens is 287 g/mol. The van der Waals surface area contributed by atoms with E-state index in [9.17, 15) is 9.90 Å². The first-order valence-corrected chi connectivity index (χ1v) is 7.10. The number of ether oxygens (including phenoxy) is 1. The lowest BCUT2D eigenvalue weighted by molar-refractivity contribution is -0.152. The van der Waals surface area contributed by atoms with Gasteiger partial charge in [0, 0.05) is 10.0 Å². The third-order valence-electron chi connectivity index (χ3n) is 4.26. The van der Waals surface area contributed by atoms with E-state index < -0.39 is 11.4 Å². The summed E-state index contributed by atoms with van der Waals surface area (Å²) in [6.45, 7) is 0. The molecule has 2 aliphatic heterocycles. The van der Waals surface area contributed by atoms with E-state index in [1.807, 2.05) is 0 Å². The number of carboxylic acids is 1. The van der Waals surface area contributed by atoms with Gasteiger partial charge in [0.2, 0.25) is 0 Å². The highest BCUT2D eigenvalue weighted by Gasteiger charge is 2.57. The van der Waals surface area contributed by atoms with Crippen LogP contribution in [0, 0.1) is 5.41 Å². The van der Waals surface area contributed by atoms with Crippen LogP contribution in [0.5, 0.6) is 0 Å². The Morgan fingerprint density at radius 3 is 2.74 bits per heavy atom. The summed E-state index contributed by atoms with van der Waals surface area (Å²) >= 11 is 12.0. The quantitative estimate of drug-likeness (QED) is 0.928. The summed E-state index contributed by atoms with van der Waals surface area (Å²) in [6.07, 6.45) is 2.66. The van der Waals surface area contributed by atoms with Gasteiger partial charge >= 0.3 is 5.97 Å². The standard InChI is InChI=1S/C14H14Cl2O3/c15-9-2-1-8(11(16)5-9)6-14(13(17)18)7-10-3-4-12(14)19-10/h1-2,5,10,12H,3-4,6-7H2,(H,17,18). The van der Waals surface area contributed by atoms with Crippen LogP contribution in [-0.4, -0.2) is 23.3 Å². The molecule has 2 aliphatic rings. The number of aliphatic carboxylic acids is 1. The summed E-state index contributed by atoms with van der Waals surface area (Å²) in [5, 5.41) is 10.7. The largest absolute Gasteiger partial charge is 0.481 e. The zero-order valence-electron chi connectivity index (χ0n) is 10.2. The minimum absolute atomic E-state index is 0.0900. The summed E-state index contributed by atoms with van der Waals surface area (Å²) in [7, 11) is 0. The van der Waals surface area contributed by atoms with Crippen molar-refractivity contribution in [3.05, 3.63) is 33.8 Å². The first-order chi connectivity index (χ1) is 9.01. The molecule has 0 amide bonds. The molecule has 2 heterocycles. The van der Waals surface area contributed by atoms with Gasteiger partial charge in [0.15, 0.2) is 0 Å². The molecule has 0 saturated carbocycles. The van der Waals surface area contributed by atoms with Gasteiger partial charge in [-0.05, 0) is 43.4 Å². The lowest BCUT2D eigenvalue weighted by Crippen LogP contribution is -2.42. The number of carboxylic acid groups (broad SMARTS) is 1. The maximum Gasteiger partial charge on any atom is 0.312 e. The van der Waals surface area contributed by atoms with Crippen molar-refractivity contribution in [3.63, 3.8) is 0 Å². The molecule has 19 heavy (non-hydrogen) atoms. The predicted molar refractivity (Wildman–Crippen MR) is 72.7 cm³/mol.